The third-order valence-electron chi connectivity index (χ3n) is 1.72. The van der Waals surface area contributed by atoms with Gasteiger partial charge in [-0.3, -0.25) is 0 Å². The first-order chi connectivity index (χ1) is 7.24. The molecule has 1 heterocycles. The lowest BCUT2D eigenvalue weighted by atomic mass is 10.3. The van der Waals surface area contributed by atoms with Crippen LogP contribution in [0.4, 0.5) is 0 Å². The molecule has 4 heteroatoms. The fourth-order valence-electron chi connectivity index (χ4n) is 1.04. The summed E-state index contributed by atoms with van der Waals surface area (Å²) in [6, 6.07) is 4.93. The molecule has 0 bridgehead atoms. The van der Waals surface area contributed by atoms with Crippen molar-refractivity contribution in [3.8, 4) is 11.8 Å². The molecule has 4 nitrogen and oxygen atoms in total. The lowest BCUT2D eigenvalue weighted by Crippen LogP contribution is -2.15. The Hall–Kier alpha value is -1.86. The van der Waals surface area contributed by atoms with Gasteiger partial charge in [-0.2, -0.15) is 0 Å². The standard InChI is InChI=1S/C11H12N2O2/c1-2-3-7-12-8-9-5-4-6-10(13-9)11(14)15/h4-6,12H,7-8H2,1H3,(H,14,15). The second kappa shape index (κ2) is 5.78. The number of carboxylic acids is 1. The van der Waals surface area contributed by atoms with Gasteiger partial charge in [0.05, 0.1) is 12.2 Å². The Bertz CT molecular complexity index is 405. The van der Waals surface area contributed by atoms with Crippen LogP contribution in [0, 0.1) is 11.8 Å². The molecule has 0 spiro atoms. The number of hydrogen-bond donors (Lipinski definition) is 2. The highest BCUT2D eigenvalue weighted by Crippen LogP contribution is 1.98. The number of nitrogens with one attached hydrogen (secondary N) is 1. The molecule has 15 heavy (non-hydrogen) atoms. The summed E-state index contributed by atoms with van der Waals surface area (Å²) < 4.78 is 0. The topological polar surface area (TPSA) is 62.2 Å². The van der Waals surface area contributed by atoms with Crippen molar-refractivity contribution in [3.63, 3.8) is 0 Å². The number of hydrogen-bond acceptors (Lipinski definition) is 3. The zero-order valence-corrected chi connectivity index (χ0v) is 8.45. The molecule has 0 saturated heterocycles. The van der Waals surface area contributed by atoms with E-state index in [4.69, 9.17) is 5.11 Å². The minimum absolute atomic E-state index is 0.0656. The fourth-order valence-corrected chi connectivity index (χ4v) is 1.04. The number of rotatable bonds is 4. The Kier molecular flexibility index (Phi) is 4.32. The highest BCUT2D eigenvalue weighted by atomic mass is 16.4. The summed E-state index contributed by atoms with van der Waals surface area (Å²) in [7, 11) is 0. The quantitative estimate of drug-likeness (QED) is 0.565. The number of aromatic carboxylic acids is 1. The molecule has 1 aromatic heterocycles. The Morgan fingerprint density at radius 1 is 1.60 bits per heavy atom. The Balaban J connectivity index is 2.56. The maximum atomic E-state index is 10.6. The van der Waals surface area contributed by atoms with Crippen LogP contribution in [0.5, 0.6) is 0 Å². The molecular formula is C11H12N2O2. The summed E-state index contributed by atoms with van der Waals surface area (Å²) in [6.45, 7) is 2.87. The van der Waals surface area contributed by atoms with Gasteiger partial charge in [-0.05, 0) is 19.1 Å². The van der Waals surface area contributed by atoms with Crippen LogP contribution in [-0.4, -0.2) is 22.6 Å². The van der Waals surface area contributed by atoms with E-state index in [1.807, 2.05) is 0 Å². The normalized spacial score (nSPS) is 9.13. The maximum Gasteiger partial charge on any atom is 0.354 e. The number of carboxylic acid groups (broad SMARTS) is 1. The molecule has 2 N–H and O–H groups in total. The van der Waals surface area contributed by atoms with Gasteiger partial charge in [-0.1, -0.05) is 12.0 Å². The van der Waals surface area contributed by atoms with Crippen LogP contribution in [-0.2, 0) is 6.54 Å². The summed E-state index contributed by atoms with van der Waals surface area (Å²) in [5, 5.41) is 11.8. The van der Waals surface area contributed by atoms with Gasteiger partial charge in [-0.25, -0.2) is 9.78 Å². The molecule has 1 rings (SSSR count). The molecule has 0 fully saturated rings. The van der Waals surface area contributed by atoms with Gasteiger partial charge in [0.2, 0.25) is 0 Å². The fraction of sp³-hybridized carbons (Fsp3) is 0.273. The van der Waals surface area contributed by atoms with E-state index in [0.717, 1.165) is 0 Å². The summed E-state index contributed by atoms with van der Waals surface area (Å²) in [4.78, 5) is 14.6. The zero-order chi connectivity index (χ0) is 11.1. The van der Waals surface area contributed by atoms with Gasteiger partial charge in [-0.15, -0.1) is 5.92 Å². The molecule has 0 unspecified atom stereocenters. The largest absolute Gasteiger partial charge is 0.477 e. The lowest BCUT2D eigenvalue weighted by molar-refractivity contribution is 0.0690. The van der Waals surface area contributed by atoms with Gasteiger partial charge in [0.25, 0.3) is 0 Å². The lowest BCUT2D eigenvalue weighted by Gasteiger charge is -2.01. The summed E-state index contributed by atoms with van der Waals surface area (Å²) in [5.41, 5.74) is 0.767. The summed E-state index contributed by atoms with van der Waals surface area (Å²) >= 11 is 0. The van der Waals surface area contributed by atoms with E-state index < -0.39 is 5.97 Å². The van der Waals surface area contributed by atoms with Gasteiger partial charge in [0, 0.05) is 6.54 Å². The van der Waals surface area contributed by atoms with E-state index in [1.165, 1.54) is 6.07 Å². The Morgan fingerprint density at radius 2 is 2.40 bits per heavy atom. The van der Waals surface area contributed by atoms with Crippen molar-refractivity contribution >= 4 is 5.97 Å². The number of carbonyl (C=O) groups is 1. The van der Waals surface area contributed by atoms with E-state index in [1.54, 1.807) is 19.1 Å². The van der Waals surface area contributed by atoms with Crippen LogP contribution in [0.1, 0.15) is 23.1 Å². The Labute approximate surface area is 88.3 Å². The predicted molar refractivity (Wildman–Crippen MR) is 56.4 cm³/mol. The van der Waals surface area contributed by atoms with Crippen molar-refractivity contribution in [1.29, 1.82) is 0 Å². The molecular weight excluding hydrogens is 192 g/mol. The average Bonchev–Trinajstić information content (AvgIpc) is 2.25. The third-order valence-corrected chi connectivity index (χ3v) is 1.72. The van der Waals surface area contributed by atoms with Crippen LogP contribution < -0.4 is 5.32 Å². The average molecular weight is 204 g/mol. The molecule has 0 atom stereocenters. The second-order valence-corrected chi connectivity index (χ2v) is 2.85. The highest BCUT2D eigenvalue weighted by Gasteiger charge is 2.03. The zero-order valence-electron chi connectivity index (χ0n) is 8.45. The number of aromatic nitrogens is 1. The first kappa shape index (κ1) is 11.2. The number of nitrogens with zero attached hydrogens (tertiary/aromatic N) is 1. The first-order valence-corrected chi connectivity index (χ1v) is 4.53. The maximum absolute atomic E-state index is 10.6. The van der Waals surface area contributed by atoms with Crippen molar-refractivity contribution < 1.29 is 9.90 Å². The number of pyridine rings is 1. The van der Waals surface area contributed by atoms with Crippen LogP contribution >= 0.6 is 0 Å². The van der Waals surface area contributed by atoms with E-state index in [9.17, 15) is 4.79 Å². The molecule has 0 amide bonds. The van der Waals surface area contributed by atoms with Gasteiger partial charge >= 0.3 is 5.97 Å². The SMILES string of the molecule is CC#CCNCc1cccc(C(=O)O)n1. The summed E-state index contributed by atoms with van der Waals surface area (Å²) in [6.07, 6.45) is 0. The van der Waals surface area contributed by atoms with Crippen molar-refractivity contribution in [1.82, 2.24) is 10.3 Å². The van der Waals surface area contributed by atoms with Crippen molar-refractivity contribution in [2.45, 2.75) is 13.5 Å². The molecule has 0 aliphatic carbocycles. The van der Waals surface area contributed by atoms with E-state index >= 15 is 0 Å². The predicted octanol–water partition coefficient (Wildman–Crippen LogP) is 0.893. The first-order valence-electron chi connectivity index (χ1n) is 4.53. The van der Waals surface area contributed by atoms with Gasteiger partial charge in [0.1, 0.15) is 5.69 Å². The van der Waals surface area contributed by atoms with Crippen LogP contribution in [0.15, 0.2) is 18.2 Å². The molecule has 0 aromatic carbocycles. The molecule has 1 aromatic rings. The van der Waals surface area contributed by atoms with Crippen molar-refractivity contribution in [2.75, 3.05) is 6.54 Å². The molecule has 0 radical (unpaired) electrons. The minimum Gasteiger partial charge on any atom is -0.477 e. The van der Waals surface area contributed by atoms with Crippen LogP contribution in [0.3, 0.4) is 0 Å². The van der Waals surface area contributed by atoms with Crippen LogP contribution in [0.2, 0.25) is 0 Å². The van der Waals surface area contributed by atoms with Gasteiger partial charge < -0.3 is 10.4 Å². The minimum atomic E-state index is -1.01. The molecule has 78 valence electrons. The van der Waals surface area contributed by atoms with E-state index in [-0.39, 0.29) is 5.69 Å². The van der Waals surface area contributed by atoms with Gasteiger partial charge in [0.15, 0.2) is 0 Å². The van der Waals surface area contributed by atoms with Crippen LogP contribution in [0.25, 0.3) is 0 Å². The Morgan fingerprint density at radius 3 is 3.07 bits per heavy atom. The second-order valence-electron chi connectivity index (χ2n) is 2.85. The van der Waals surface area contributed by atoms with E-state index in [0.29, 0.717) is 18.8 Å². The molecule has 0 aliphatic heterocycles. The molecule has 0 aliphatic rings. The summed E-state index contributed by atoms with van der Waals surface area (Å²) in [5.74, 6) is 4.60. The molecule has 0 saturated carbocycles. The van der Waals surface area contributed by atoms with Crippen molar-refractivity contribution in [2.24, 2.45) is 0 Å². The van der Waals surface area contributed by atoms with Crippen molar-refractivity contribution in [3.05, 3.63) is 29.6 Å². The highest BCUT2D eigenvalue weighted by molar-refractivity contribution is 5.85. The van der Waals surface area contributed by atoms with E-state index in [2.05, 4.69) is 22.1 Å². The third kappa shape index (κ3) is 3.79. The smallest absolute Gasteiger partial charge is 0.354 e. The monoisotopic (exact) mass is 204 g/mol.